The third-order valence-electron chi connectivity index (χ3n) is 5.16. The molecule has 5 rings (SSSR count). The molecular weight excluding hydrogens is 450 g/mol. The number of benzene rings is 3. The summed E-state index contributed by atoms with van der Waals surface area (Å²) in [5.41, 5.74) is 3.15. The van der Waals surface area contributed by atoms with E-state index in [4.69, 9.17) is 0 Å². The Balaban J connectivity index is 1.41. The van der Waals surface area contributed by atoms with Crippen LogP contribution in [0.25, 0.3) is 16.7 Å². The van der Waals surface area contributed by atoms with E-state index in [1.165, 1.54) is 36.7 Å². The van der Waals surface area contributed by atoms with Crippen molar-refractivity contribution in [3.8, 4) is 5.69 Å². The van der Waals surface area contributed by atoms with Gasteiger partial charge in [0.15, 0.2) is 0 Å². The Labute approximate surface area is 196 Å². The molecule has 2 aromatic heterocycles. The molecule has 0 spiro atoms. The lowest BCUT2D eigenvalue weighted by Crippen LogP contribution is -2.16. The van der Waals surface area contributed by atoms with Gasteiger partial charge in [-0.25, -0.2) is 13.4 Å². The van der Waals surface area contributed by atoms with E-state index in [9.17, 15) is 13.2 Å². The zero-order valence-electron chi connectivity index (χ0n) is 17.8. The average Bonchev–Trinajstić information content (AvgIpc) is 3.22. The molecule has 0 fully saturated rings. The number of hydrogen-bond donors (Lipinski definition) is 2. The van der Waals surface area contributed by atoms with Crippen LogP contribution in [0.4, 0.5) is 11.6 Å². The Morgan fingerprint density at radius 3 is 2.21 bits per heavy atom. The number of rotatable bonds is 6. The number of nitrogens with one attached hydrogen (secondary N) is 2. The molecule has 34 heavy (non-hydrogen) atoms. The SMILES string of the molecule is O=C(Nc1nc2ccccc2n1-c1ccccc1)c1ccc(S(=O)(=O)Nc2ccncc2)cc1. The number of carbonyl (C=O) groups is 1. The maximum absolute atomic E-state index is 13.0. The van der Waals surface area contributed by atoms with Crippen LogP contribution < -0.4 is 10.0 Å². The van der Waals surface area contributed by atoms with Crippen LogP contribution in [0.5, 0.6) is 0 Å². The molecule has 1 amide bonds. The lowest BCUT2D eigenvalue weighted by atomic mass is 10.2. The molecular formula is C25H19N5O3S. The van der Waals surface area contributed by atoms with Gasteiger partial charge in [0, 0.05) is 23.6 Å². The number of sulfonamides is 1. The lowest BCUT2D eigenvalue weighted by molar-refractivity contribution is 0.102. The fourth-order valence-corrected chi connectivity index (χ4v) is 4.60. The minimum Gasteiger partial charge on any atom is -0.292 e. The molecule has 0 radical (unpaired) electrons. The van der Waals surface area contributed by atoms with E-state index in [0.717, 1.165) is 16.7 Å². The topological polar surface area (TPSA) is 106 Å². The van der Waals surface area contributed by atoms with Crippen molar-refractivity contribution in [1.29, 1.82) is 0 Å². The summed E-state index contributed by atoms with van der Waals surface area (Å²) in [6, 6.07) is 26.0. The highest BCUT2D eigenvalue weighted by molar-refractivity contribution is 7.92. The third-order valence-corrected chi connectivity index (χ3v) is 6.56. The van der Waals surface area contributed by atoms with E-state index in [0.29, 0.717) is 17.2 Å². The van der Waals surface area contributed by atoms with Crippen LogP contribution in [0.1, 0.15) is 10.4 Å². The molecule has 0 atom stereocenters. The van der Waals surface area contributed by atoms with E-state index in [1.807, 2.05) is 59.2 Å². The first-order valence-corrected chi connectivity index (χ1v) is 11.9. The van der Waals surface area contributed by atoms with Crippen molar-refractivity contribution in [3.63, 3.8) is 0 Å². The predicted molar refractivity (Wildman–Crippen MR) is 131 cm³/mol. The number of nitrogens with zero attached hydrogens (tertiary/aromatic N) is 3. The molecule has 0 saturated carbocycles. The third kappa shape index (κ3) is 4.24. The van der Waals surface area contributed by atoms with E-state index in [2.05, 4.69) is 20.0 Å². The first-order valence-electron chi connectivity index (χ1n) is 10.4. The van der Waals surface area contributed by atoms with Crippen LogP contribution in [0.3, 0.4) is 0 Å². The second kappa shape index (κ2) is 8.80. The smallest absolute Gasteiger partial charge is 0.261 e. The van der Waals surface area contributed by atoms with Crippen LogP contribution in [0.2, 0.25) is 0 Å². The second-order valence-corrected chi connectivity index (χ2v) is 9.10. The number of fused-ring (bicyclic) bond motifs is 1. The van der Waals surface area contributed by atoms with E-state index in [-0.39, 0.29) is 4.90 Å². The Bertz CT molecular complexity index is 1570. The summed E-state index contributed by atoms with van der Waals surface area (Å²) in [6.45, 7) is 0. The lowest BCUT2D eigenvalue weighted by Gasteiger charge is -2.11. The Morgan fingerprint density at radius 2 is 1.47 bits per heavy atom. The normalized spacial score (nSPS) is 11.3. The van der Waals surface area contributed by atoms with Gasteiger partial charge >= 0.3 is 0 Å². The Hall–Kier alpha value is -4.50. The summed E-state index contributed by atoms with van der Waals surface area (Å²) in [5.74, 6) is -0.0352. The number of hydrogen-bond acceptors (Lipinski definition) is 5. The second-order valence-electron chi connectivity index (χ2n) is 7.41. The molecule has 0 bridgehead atoms. The molecule has 8 nitrogen and oxygen atoms in total. The summed E-state index contributed by atoms with van der Waals surface area (Å²) in [6.07, 6.45) is 2.99. The van der Waals surface area contributed by atoms with Crippen LogP contribution in [-0.4, -0.2) is 28.9 Å². The highest BCUT2D eigenvalue weighted by atomic mass is 32.2. The van der Waals surface area contributed by atoms with Gasteiger partial charge in [-0.15, -0.1) is 0 Å². The number of amides is 1. The fourth-order valence-electron chi connectivity index (χ4n) is 3.54. The minimum atomic E-state index is -3.80. The molecule has 5 aromatic rings. The van der Waals surface area contributed by atoms with Crippen LogP contribution in [-0.2, 0) is 10.0 Å². The maximum atomic E-state index is 13.0. The minimum absolute atomic E-state index is 0.0392. The van der Waals surface area contributed by atoms with E-state index < -0.39 is 15.9 Å². The van der Waals surface area contributed by atoms with Gasteiger partial charge in [0.2, 0.25) is 5.95 Å². The maximum Gasteiger partial charge on any atom is 0.261 e. The van der Waals surface area contributed by atoms with Gasteiger partial charge in [0.05, 0.1) is 21.6 Å². The van der Waals surface area contributed by atoms with Crippen LogP contribution in [0, 0.1) is 0 Å². The fraction of sp³-hybridized carbons (Fsp3) is 0. The molecule has 9 heteroatoms. The predicted octanol–water partition coefficient (Wildman–Crippen LogP) is 4.47. The zero-order valence-corrected chi connectivity index (χ0v) is 18.6. The molecule has 0 aliphatic rings. The largest absolute Gasteiger partial charge is 0.292 e. The van der Waals surface area contributed by atoms with Crippen LogP contribution >= 0.6 is 0 Å². The monoisotopic (exact) mass is 469 g/mol. The molecule has 168 valence electrons. The van der Waals surface area contributed by atoms with E-state index >= 15 is 0 Å². The van der Waals surface area contributed by atoms with E-state index in [1.54, 1.807) is 12.1 Å². The molecule has 0 unspecified atom stereocenters. The highest BCUT2D eigenvalue weighted by Gasteiger charge is 2.18. The van der Waals surface area contributed by atoms with Gasteiger partial charge in [-0.2, -0.15) is 0 Å². The molecule has 2 heterocycles. The first-order chi connectivity index (χ1) is 16.5. The van der Waals surface area contributed by atoms with Crippen molar-refractivity contribution >= 4 is 38.6 Å². The molecule has 0 saturated heterocycles. The average molecular weight is 470 g/mol. The number of imidazole rings is 1. The number of carbonyl (C=O) groups excluding carboxylic acids is 1. The molecule has 2 N–H and O–H groups in total. The first kappa shape index (κ1) is 21.4. The van der Waals surface area contributed by atoms with Gasteiger partial charge in [-0.05, 0) is 60.7 Å². The van der Waals surface area contributed by atoms with Gasteiger partial charge in [-0.1, -0.05) is 30.3 Å². The van der Waals surface area contributed by atoms with Crippen molar-refractivity contribution in [2.75, 3.05) is 10.0 Å². The number of anilines is 2. The quantitative estimate of drug-likeness (QED) is 0.382. The summed E-state index contributed by atoms with van der Waals surface area (Å²) in [7, 11) is -3.80. The van der Waals surface area contributed by atoms with Crippen molar-refractivity contribution in [2.45, 2.75) is 4.90 Å². The standard InChI is InChI=1S/C25H19N5O3S/c31-24(18-10-12-21(13-11-18)34(32,33)29-19-14-16-26-17-15-19)28-25-27-22-8-4-5-9-23(22)30(25)20-6-2-1-3-7-20/h1-17H,(H,26,29)(H,27,28,31). The molecule has 0 aliphatic carbocycles. The highest BCUT2D eigenvalue weighted by Crippen LogP contribution is 2.25. The summed E-state index contributed by atoms with van der Waals surface area (Å²) in [4.78, 5) is 21.5. The van der Waals surface area contributed by atoms with Crippen LogP contribution in [0.15, 0.2) is 108 Å². The van der Waals surface area contributed by atoms with Gasteiger partial charge < -0.3 is 0 Å². The van der Waals surface area contributed by atoms with Gasteiger partial charge in [-0.3, -0.25) is 24.4 Å². The zero-order chi connectivity index (χ0) is 23.5. The summed E-state index contributed by atoms with van der Waals surface area (Å²) < 4.78 is 29.6. The Kier molecular flexibility index (Phi) is 5.52. The Morgan fingerprint density at radius 1 is 0.794 bits per heavy atom. The summed E-state index contributed by atoms with van der Waals surface area (Å²) >= 11 is 0. The molecule has 0 aliphatic heterocycles. The van der Waals surface area contributed by atoms with Crippen molar-refractivity contribution in [3.05, 3.63) is 109 Å². The van der Waals surface area contributed by atoms with Crippen molar-refractivity contribution in [1.82, 2.24) is 14.5 Å². The van der Waals surface area contributed by atoms with Gasteiger partial charge in [0.1, 0.15) is 0 Å². The number of aromatic nitrogens is 3. The van der Waals surface area contributed by atoms with Gasteiger partial charge in [0.25, 0.3) is 15.9 Å². The summed E-state index contributed by atoms with van der Waals surface area (Å²) in [5, 5.41) is 2.85. The van der Waals surface area contributed by atoms with Crippen molar-refractivity contribution < 1.29 is 13.2 Å². The van der Waals surface area contributed by atoms with Crippen molar-refractivity contribution in [2.24, 2.45) is 0 Å². The number of pyridine rings is 1. The number of para-hydroxylation sites is 3. The molecule has 3 aromatic carbocycles.